The van der Waals surface area contributed by atoms with Crippen molar-refractivity contribution in [2.75, 3.05) is 36.5 Å². The summed E-state index contributed by atoms with van der Waals surface area (Å²) >= 11 is 1.90. The van der Waals surface area contributed by atoms with Crippen LogP contribution in [0.15, 0.2) is 48.8 Å². The van der Waals surface area contributed by atoms with Crippen LogP contribution in [0.5, 0.6) is 11.8 Å². The van der Waals surface area contributed by atoms with Crippen molar-refractivity contribution < 1.29 is 35.9 Å². The van der Waals surface area contributed by atoms with E-state index in [1.165, 1.54) is 19.4 Å². The lowest BCUT2D eigenvalue weighted by atomic mass is 10.0. The molecular weight excluding hydrogens is 546 g/mol. The summed E-state index contributed by atoms with van der Waals surface area (Å²) in [5.74, 6) is 1.90. The number of thioether (sulfide) groups is 1. The summed E-state index contributed by atoms with van der Waals surface area (Å²) in [6, 6.07) is 6.79. The van der Waals surface area contributed by atoms with Gasteiger partial charge in [-0.1, -0.05) is 6.07 Å². The van der Waals surface area contributed by atoms with Gasteiger partial charge >= 0.3 is 18.4 Å². The lowest BCUT2D eigenvalue weighted by Gasteiger charge is -2.30. The highest BCUT2D eigenvalue weighted by Gasteiger charge is 2.37. The first-order chi connectivity index (χ1) is 18.3. The number of aromatic nitrogens is 2. The maximum atomic E-state index is 13.1. The second-order valence-electron chi connectivity index (χ2n) is 8.98. The van der Waals surface area contributed by atoms with Gasteiger partial charge in [0.25, 0.3) is 5.91 Å². The summed E-state index contributed by atoms with van der Waals surface area (Å²) in [6.45, 7) is 3.37. The lowest BCUT2D eigenvalue weighted by molar-refractivity contribution is -0.143. The number of halogens is 6. The fraction of sp³-hybridized carbons (Fsp3) is 0.346. The summed E-state index contributed by atoms with van der Waals surface area (Å²) < 4.78 is 84.6. The van der Waals surface area contributed by atoms with E-state index >= 15 is 0 Å². The molecule has 1 aliphatic heterocycles. The minimum Gasteiger partial charge on any atom is -0.424 e. The Labute approximate surface area is 225 Å². The first-order valence-corrected chi connectivity index (χ1v) is 12.9. The van der Waals surface area contributed by atoms with Crippen LogP contribution in [0, 0.1) is 6.92 Å². The Morgan fingerprint density at radius 2 is 1.56 bits per heavy atom. The van der Waals surface area contributed by atoms with Crippen LogP contribution in [-0.4, -0.2) is 52.4 Å². The molecule has 0 radical (unpaired) electrons. The van der Waals surface area contributed by atoms with E-state index in [4.69, 9.17) is 4.74 Å². The van der Waals surface area contributed by atoms with Gasteiger partial charge in [-0.2, -0.15) is 38.1 Å². The zero-order valence-corrected chi connectivity index (χ0v) is 21.8. The number of amides is 1. The number of carbonyl (C=O) groups excluding carboxylic acids is 1. The van der Waals surface area contributed by atoms with Gasteiger partial charge in [-0.05, 0) is 42.3 Å². The molecule has 0 aliphatic carbocycles. The predicted octanol–water partition coefficient (Wildman–Crippen LogP) is 6.44. The van der Waals surface area contributed by atoms with Crippen LogP contribution in [0.2, 0.25) is 0 Å². The van der Waals surface area contributed by atoms with Crippen molar-refractivity contribution in [2.24, 2.45) is 0 Å². The van der Waals surface area contributed by atoms with Crippen molar-refractivity contribution in [1.82, 2.24) is 14.9 Å². The molecule has 0 saturated carbocycles. The van der Waals surface area contributed by atoms with Crippen molar-refractivity contribution in [1.29, 1.82) is 0 Å². The zero-order chi connectivity index (χ0) is 28.4. The Morgan fingerprint density at radius 3 is 2.13 bits per heavy atom. The summed E-state index contributed by atoms with van der Waals surface area (Å²) in [4.78, 5) is 24.1. The molecule has 1 fully saturated rings. The normalized spacial score (nSPS) is 14.3. The van der Waals surface area contributed by atoms with Gasteiger partial charge in [0.05, 0.1) is 16.7 Å². The average Bonchev–Trinajstić information content (AvgIpc) is 2.89. The van der Waals surface area contributed by atoms with E-state index in [9.17, 15) is 31.1 Å². The number of ether oxygens (including phenoxy) is 1. The Kier molecular flexibility index (Phi) is 8.28. The topological polar surface area (TPSA) is 58.6 Å². The van der Waals surface area contributed by atoms with E-state index in [-0.39, 0.29) is 23.2 Å². The highest BCUT2D eigenvalue weighted by atomic mass is 32.2. The van der Waals surface area contributed by atoms with Gasteiger partial charge in [-0.3, -0.25) is 4.79 Å². The van der Waals surface area contributed by atoms with E-state index < -0.39 is 35.9 Å². The molecule has 0 bridgehead atoms. The summed E-state index contributed by atoms with van der Waals surface area (Å²) in [7, 11) is 1.26. The summed E-state index contributed by atoms with van der Waals surface area (Å²) in [5, 5.41) is 0. The minimum atomic E-state index is -4.98. The molecule has 4 rings (SSSR count). The third-order valence-electron chi connectivity index (χ3n) is 6.03. The molecule has 0 unspecified atom stereocenters. The van der Waals surface area contributed by atoms with Crippen molar-refractivity contribution in [3.05, 3.63) is 76.6 Å². The van der Waals surface area contributed by atoms with Gasteiger partial charge in [0.15, 0.2) is 0 Å². The Bertz CT molecular complexity index is 1290. The maximum Gasteiger partial charge on any atom is 0.416 e. The molecule has 0 spiro atoms. The number of alkyl halides is 6. The van der Waals surface area contributed by atoms with Gasteiger partial charge in [-0.15, -0.1) is 0 Å². The number of hydrogen-bond donors (Lipinski definition) is 0. The molecule has 39 heavy (non-hydrogen) atoms. The second-order valence-corrected chi connectivity index (χ2v) is 10.2. The molecule has 3 aromatic rings. The zero-order valence-electron chi connectivity index (χ0n) is 20.9. The van der Waals surface area contributed by atoms with Crippen LogP contribution < -0.4 is 9.64 Å². The SMILES string of the molecule is Cc1ccc(Oc2ncc(C(=O)N(C)Cc3cc(C(F)(F)F)cc(C(F)(F)F)c3)cn2)cc1N1CCSCC1. The van der Waals surface area contributed by atoms with Crippen molar-refractivity contribution >= 4 is 23.4 Å². The van der Waals surface area contributed by atoms with Gasteiger partial charge in [0, 0.05) is 62.3 Å². The van der Waals surface area contributed by atoms with Crippen LogP contribution in [-0.2, 0) is 18.9 Å². The fourth-order valence-corrected chi connectivity index (χ4v) is 4.96. The van der Waals surface area contributed by atoms with Gasteiger partial charge in [-0.25, -0.2) is 9.97 Å². The summed E-state index contributed by atoms with van der Waals surface area (Å²) in [6.07, 6.45) is -7.59. The van der Waals surface area contributed by atoms with Crippen LogP contribution in [0.25, 0.3) is 0 Å². The number of aryl methyl sites for hydroxylation is 1. The molecule has 2 heterocycles. The van der Waals surface area contributed by atoms with E-state index in [1.54, 1.807) is 6.07 Å². The third kappa shape index (κ3) is 7.14. The Balaban J connectivity index is 1.46. The van der Waals surface area contributed by atoms with Crippen LogP contribution in [0.4, 0.5) is 32.0 Å². The number of nitrogens with zero attached hydrogens (tertiary/aromatic N) is 4. The maximum absolute atomic E-state index is 13.1. The first kappa shape index (κ1) is 28.5. The third-order valence-corrected chi connectivity index (χ3v) is 6.97. The first-order valence-electron chi connectivity index (χ1n) is 11.8. The average molecular weight is 571 g/mol. The molecule has 0 N–H and O–H groups in total. The van der Waals surface area contributed by atoms with Gasteiger partial charge in [0.2, 0.25) is 0 Å². The van der Waals surface area contributed by atoms with Crippen LogP contribution in [0.3, 0.4) is 0 Å². The van der Waals surface area contributed by atoms with Crippen LogP contribution in [0.1, 0.15) is 32.6 Å². The minimum absolute atomic E-state index is 0.0108. The molecule has 6 nitrogen and oxygen atoms in total. The highest BCUT2D eigenvalue weighted by molar-refractivity contribution is 7.99. The molecule has 1 aromatic heterocycles. The Morgan fingerprint density at radius 1 is 0.974 bits per heavy atom. The predicted molar refractivity (Wildman–Crippen MR) is 135 cm³/mol. The number of hydrogen-bond acceptors (Lipinski definition) is 6. The number of benzene rings is 2. The van der Waals surface area contributed by atoms with Crippen molar-refractivity contribution in [3.63, 3.8) is 0 Å². The molecule has 2 aromatic carbocycles. The van der Waals surface area contributed by atoms with Gasteiger partial charge < -0.3 is 14.5 Å². The molecule has 1 aliphatic rings. The number of carbonyl (C=O) groups is 1. The Hall–Kier alpha value is -3.48. The fourth-order valence-electron chi connectivity index (χ4n) is 4.06. The number of rotatable bonds is 6. The standard InChI is InChI=1S/C26H24F6N4O2S/c1-16-3-4-21(12-22(16)36-5-7-39-8-6-36)38-24-33-13-18(14-34-24)23(37)35(2)15-17-9-19(25(27,28)29)11-20(10-17)26(30,31)32/h3-4,9-14H,5-8,15H2,1-2H3. The quantitative estimate of drug-likeness (QED) is 0.318. The smallest absolute Gasteiger partial charge is 0.416 e. The van der Waals surface area contributed by atoms with Gasteiger partial charge in [0.1, 0.15) is 5.75 Å². The molecule has 208 valence electrons. The van der Waals surface area contributed by atoms with Crippen molar-refractivity contribution in [2.45, 2.75) is 25.8 Å². The number of anilines is 1. The van der Waals surface area contributed by atoms with Crippen LogP contribution >= 0.6 is 11.8 Å². The van der Waals surface area contributed by atoms with E-state index in [1.807, 2.05) is 30.8 Å². The van der Waals surface area contributed by atoms with Crippen molar-refractivity contribution in [3.8, 4) is 11.8 Å². The largest absolute Gasteiger partial charge is 0.424 e. The monoisotopic (exact) mass is 570 g/mol. The molecule has 13 heteroatoms. The molecule has 1 amide bonds. The van der Waals surface area contributed by atoms with E-state index in [0.717, 1.165) is 40.7 Å². The highest BCUT2D eigenvalue weighted by Crippen LogP contribution is 2.36. The molecule has 1 saturated heterocycles. The van der Waals surface area contributed by atoms with E-state index in [0.29, 0.717) is 17.9 Å². The second kappa shape index (κ2) is 11.3. The summed E-state index contributed by atoms with van der Waals surface area (Å²) in [5.41, 5.74) is -1.08. The van der Waals surface area contributed by atoms with E-state index in [2.05, 4.69) is 14.9 Å². The molecular formula is C26H24F6N4O2S. The lowest BCUT2D eigenvalue weighted by Crippen LogP contribution is -2.32. The molecule has 0 atom stereocenters.